The smallest absolute Gasteiger partial charge is 0.337 e. The molecule has 0 aliphatic rings. The summed E-state index contributed by atoms with van der Waals surface area (Å²) in [6.07, 6.45) is -0.399. The Morgan fingerprint density at radius 3 is 2.54 bits per heavy atom. The molecule has 0 aromatic heterocycles. The van der Waals surface area contributed by atoms with Crippen LogP contribution in [-0.4, -0.2) is 33.4 Å². The molecule has 13 heavy (non-hydrogen) atoms. The maximum Gasteiger partial charge on any atom is 0.337 e. The van der Waals surface area contributed by atoms with Crippen molar-refractivity contribution in [2.45, 2.75) is 13.0 Å². The highest BCUT2D eigenvalue weighted by molar-refractivity contribution is 7.86. The standard InChI is InChI=1S/C6H9NO5S/c1-5(12-13(2,9)10)6(8)11-4-3-7/h5H,4H2,1-2H3. The highest BCUT2D eigenvalue weighted by Gasteiger charge is 2.19. The van der Waals surface area contributed by atoms with Crippen LogP contribution in [-0.2, 0) is 23.8 Å². The second-order valence-electron chi connectivity index (χ2n) is 2.21. The molecule has 0 spiro atoms. The van der Waals surface area contributed by atoms with Gasteiger partial charge in [0.15, 0.2) is 12.7 Å². The van der Waals surface area contributed by atoms with Gasteiger partial charge in [-0.2, -0.15) is 13.7 Å². The molecule has 0 aromatic rings. The first-order valence-corrected chi connectivity index (χ1v) is 5.10. The Morgan fingerprint density at radius 1 is 1.62 bits per heavy atom. The van der Waals surface area contributed by atoms with E-state index >= 15 is 0 Å². The Hall–Kier alpha value is -1.13. The number of hydrogen-bond acceptors (Lipinski definition) is 6. The van der Waals surface area contributed by atoms with Crippen molar-refractivity contribution in [3.8, 4) is 6.07 Å². The van der Waals surface area contributed by atoms with Crippen LogP contribution in [0.3, 0.4) is 0 Å². The minimum atomic E-state index is -3.68. The molecule has 0 saturated carbocycles. The van der Waals surface area contributed by atoms with Crippen molar-refractivity contribution in [2.24, 2.45) is 0 Å². The number of ether oxygens (including phenoxy) is 1. The fraction of sp³-hybridized carbons (Fsp3) is 0.667. The third-order valence-electron chi connectivity index (χ3n) is 0.930. The lowest BCUT2D eigenvalue weighted by molar-refractivity contribution is -0.149. The predicted octanol–water partition coefficient (Wildman–Crippen LogP) is -0.582. The van der Waals surface area contributed by atoms with Crippen LogP contribution in [0.2, 0.25) is 0 Å². The molecule has 7 heteroatoms. The molecular formula is C6H9NO5S. The Kier molecular flexibility index (Phi) is 4.37. The highest BCUT2D eigenvalue weighted by Crippen LogP contribution is 1.99. The average Bonchev–Trinajstić information content (AvgIpc) is 1.96. The topological polar surface area (TPSA) is 93.5 Å². The molecule has 0 bridgehead atoms. The van der Waals surface area contributed by atoms with Gasteiger partial charge >= 0.3 is 5.97 Å². The van der Waals surface area contributed by atoms with Gasteiger partial charge in [-0.15, -0.1) is 0 Å². The molecule has 0 heterocycles. The lowest BCUT2D eigenvalue weighted by Gasteiger charge is -2.08. The molecule has 0 amide bonds. The minimum absolute atomic E-state index is 0.420. The molecule has 6 nitrogen and oxygen atoms in total. The van der Waals surface area contributed by atoms with Gasteiger partial charge in [0, 0.05) is 0 Å². The summed E-state index contributed by atoms with van der Waals surface area (Å²) in [5, 5.41) is 8.04. The van der Waals surface area contributed by atoms with Crippen LogP contribution in [0.15, 0.2) is 0 Å². The third kappa shape index (κ3) is 6.07. The van der Waals surface area contributed by atoms with Crippen molar-refractivity contribution >= 4 is 16.1 Å². The molecule has 0 aliphatic carbocycles. The Labute approximate surface area is 76.2 Å². The third-order valence-corrected chi connectivity index (χ3v) is 1.57. The Balaban J connectivity index is 4.06. The summed E-state index contributed by atoms with van der Waals surface area (Å²) in [6.45, 7) is 0.803. The lowest BCUT2D eigenvalue weighted by Crippen LogP contribution is -2.25. The van der Waals surface area contributed by atoms with Crippen LogP contribution in [0, 0.1) is 11.3 Å². The zero-order valence-corrected chi connectivity index (χ0v) is 8.00. The number of nitriles is 1. The number of carbonyl (C=O) groups excluding carboxylic acids is 1. The molecule has 0 rings (SSSR count). The molecule has 0 radical (unpaired) electrons. The zero-order valence-electron chi connectivity index (χ0n) is 7.18. The summed E-state index contributed by atoms with van der Waals surface area (Å²) in [7, 11) is -3.68. The van der Waals surface area contributed by atoms with Gasteiger partial charge in [-0.1, -0.05) is 0 Å². The predicted molar refractivity (Wildman–Crippen MR) is 42.0 cm³/mol. The second-order valence-corrected chi connectivity index (χ2v) is 3.81. The first kappa shape index (κ1) is 11.9. The first-order chi connectivity index (χ1) is 5.87. The zero-order chi connectivity index (χ0) is 10.5. The van der Waals surface area contributed by atoms with Gasteiger partial charge in [-0.25, -0.2) is 4.79 Å². The maximum absolute atomic E-state index is 10.8. The van der Waals surface area contributed by atoms with E-state index in [1.165, 1.54) is 6.92 Å². The van der Waals surface area contributed by atoms with Gasteiger partial charge in [0.2, 0.25) is 0 Å². The fourth-order valence-electron chi connectivity index (χ4n) is 0.522. The number of hydrogen-bond donors (Lipinski definition) is 0. The van der Waals surface area contributed by atoms with Crippen LogP contribution in [0.25, 0.3) is 0 Å². The van der Waals surface area contributed by atoms with Crippen LogP contribution in [0.1, 0.15) is 6.92 Å². The largest absolute Gasteiger partial charge is 0.448 e. The van der Waals surface area contributed by atoms with Gasteiger partial charge in [-0.05, 0) is 6.92 Å². The molecule has 74 valence electrons. The van der Waals surface area contributed by atoms with Crippen molar-refractivity contribution in [1.29, 1.82) is 5.26 Å². The van der Waals surface area contributed by atoms with Gasteiger partial charge in [0.25, 0.3) is 10.1 Å². The monoisotopic (exact) mass is 207 g/mol. The Morgan fingerprint density at radius 2 is 2.15 bits per heavy atom. The molecule has 0 saturated heterocycles. The van der Waals surface area contributed by atoms with E-state index in [2.05, 4.69) is 8.92 Å². The maximum atomic E-state index is 10.8. The van der Waals surface area contributed by atoms with Crippen molar-refractivity contribution in [3.63, 3.8) is 0 Å². The summed E-state index contributed by atoms with van der Waals surface area (Å²) in [6, 6.07) is 1.57. The van der Waals surface area contributed by atoms with Crippen LogP contribution in [0.5, 0.6) is 0 Å². The normalized spacial score (nSPS) is 13.0. The van der Waals surface area contributed by atoms with Gasteiger partial charge in [0.05, 0.1) is 6.26 Å². The first-order valence-electron chi connectivity index (χ1n) is 3.28. The lowest BCUT2D eigenvalue weighted by atomic mass is 10.4. The van der Waals surface area contributed by atoms with Gasteiger partial charge < -0.3 is 4.74 Å². The van der Waals surface area contributed by atoms with E-state index in [1.807, 2.05) is 0 Å². The van der Waals surface area contributed by atoms with E-state index in [1.54, 1.807) is 6.07 Å². The van der Waals surface area contributed by atoms with Gasteiger partial charge in [0.1, 0.15) is 6.07 Å². The average molecular weight is 207 g/mol. The quantitative estimate of drug-likeness (QED) is 0.452. The summed E-state index contributed by atoms with van der Waals surface area (Å²) in [5.74, 6) is -0.882. The number of carbonyl (C=O) groups is 1. The van der Waals surface area contributed by atoms with Crippen molar-refractivity contribution in [3.05, 3.63) is 0 Å². The summed E-state index contributed by atoms with van der Waals surface area (Å²) >= 11 is 0. The van der Waals surface area contributed by atoms with E-state index in [0.29, 0.717) is 0 Å². The number of nitrogens with zero attached hydrogens (tertiary/aromatic N) is 1. The van der Waals surface area contributed by atoms with E-state index in [0.717, 1.165) is 6.26 Å². The Bertz CT molecular complexity index is 314. The van der Waals surface area contributed by atoms with E-state index in [4.69, 9.17) is 5.26 Å². The minimum Gasteiger partial charge on any atom is -0.448 e. The molecular weight excluding hydrogens is 198 g/mol. The van der Waals surface area contributed by atoms with Crippen LogP contribution in [0.4, 0.5) is 0 Å². The SMILES string of the molecule is CC(OS(C)(=O)=O)C(=O)OCC#N. The van der Waals surface area contributed by atoms with Crippen molar-refractivity contribution in [1.82, 2.24) is 0 Å². The van der Waals surface area contributed by atoms with Crippen molar-refractivity contribution in [2.75, 3.05) is 12.9 Å². The van der Waals surface area contributed by atoms with Gasteiger partial charge in [-0.3, -0.25) is 4.18 Å². The summed E-state index contributed by atoms with van der Waals surface area (Å²) in [4.78, 5) is 10.8. The van der Waals surface area contributed by atoms with Crippen LogP contribution < -0.4 is 0 Å². The van der Waals surface area contributed by atoms with Crippen molar-refractivity contribution < 1.29 is 22.1 Å². The highest BCUT2D eigenvalue weighted by atomic mass is 32.2. The summed E-state index contributed by atoms with van der Waals surface area (Å²) in [5.41, 5.74) is 0. The van der Waals surface area contributed by atoms with E-state index < -0.39 is 28.8 Å². The molecule has 0 fully saturated rings. The second kappa shape index (κ2) is 4.79. The molecule has 0 N–H and O–H groups in total. The van der Waals surface area contributed by atoms with E-state index in [-0.39, 0.29) is 0 Å². The molecule has 0 aliphatic heterocycles. The summed E-state index contributed by atoms with van der Waals surface area (Å²) < 4.78 is 29.6. The number of esters is 1. The fourth-order valence-corrected chi connectivity index (χ4v) is 1.13. The molecule has 0 aromatic carbocycles. The number of rotatable bonds is 4. The van der Waals surface area contributed by atoms with Crippen LogP contribution >= 0.6 is 0 Å². The van der Waals surface area contributed by atoms with E-state index in [9.17, 15) is 13.2 Å². The molecule has 1 atom stereocenters. The molecule has 1 unspecified atom stereocenters.